The molecule has 1 aromatic heterocycles. The molecule has 3 rings (SSSR count). The summed E-state index contributed by atoms with van der Waals surface area (Å²) in [5.74, 6) is -0.254. The van der Waals surface area contributed by atoms with Gasteiger partial charge in [-0.05, 0) is 49.2 Å². The molecule has 0 amide bonds. The van der Waals surface area contributed by atoms with E-state index in [-0.39, 0.29) is 10.6 Å². The van der Waals surface area contributed by atoms with Crippen molar-refractivity contribution in [2.45, 2.75) is 43.0 Å². The van der Waals surface area contributed by atoms with Crippen molar-refractivity contribution in [1.29, 1.82) is 5.26 Å². The molecule has 9 heteroatoms. The van der Waals surface area contributed by atoms with Crippen LogP contribution in [0, 0.1) is 11.3 Å². The number of nitriles is 1. The third-order valence-electron chi connectivity index (χ3n) is 4.67. The van der Waals surface area contributed by atoms with Crippen molar-refractivity contribution in [3.63, 3.8) is 0 Å². The molecule has 0 aliphatic rings. The summed E-state index contributed by atoms with van der Waals surface area (Å²) in [6.07, 6.45) is -2.12. The van der Waals surface area contributed by atoms with E-state index in [1.807, 2.05) is 13.0 Å². The summed E-state index contributed by atoms with van der Waals surface area (Å²) in [5.41, 5.74) is 0.782. The standard InChI is InChI=1S/C22H19F3N2O2S2/c1-2-3-4-19-20(14-31(28,29)18-11-5-15(13-26)6-12-18)30-21(27-19)16-7-9-17(10-8-16)22(23,24)25/h5-12H,2-4,14H2,1H3. The first kappa shape index (κ1) is 23.0. The van der Waals surface area contributed by atoms with Gasteiger partial charge in [-0.1, -0.05) is 25.5 Å². The highest BCUT2D eigenvalue weighted by atomic mass is 32.2. The van der Waals surface area contributed by atoms with Gasteiger partial charge in [0.05, 0.1) is 33.5 Å². The Morgan fingerprint density at radius 3 is 2.26 bits per heavy atom. The van der Waals surface area contributed by atoms with Crippen LogP contribution in [0.1, 0.15) is 41.5 Å². The molecular formula is C22H19F3N2O2S2. The van der Waals surface area contributed by atoms with Crippen molar-refractivity contribution in [2.24, 2.45) is 0 Å². The fourth-order valence-corrected chi connectivity index (χ4v) is 5.79. The van der Waals surface area contributed by atoms with Crippen LogP contribution in [-0.2, 0) is 28.2 Å². The summed E-state index contributed by atoms with van der Waals surface area (Å²) in [5, 5.41) is 9.38. The average Bonchev–Trinajstić information content (AvgIpc) is 3.13. The Morgan fingerprint density at radius 1 is 1.06 bits per heavy atom. The lowest BCUT2D eigenvalue weighted by Gasteiger charge is -2.06. The van der Waals surface area contributed by atoms with Crippen LogP contribution in [0.5, 0.6) is 0 Å². The predicted molar refractivity (Wildman–Crippen MR) is 113 cm³/mol. The summed E-state index contributed by atoms with van der Waals surface area (Å²) in [4.78, 5) is 5.23. The second-order valence-corrected chi connectivity index (χ2v) is 10.0. The van der Waals surface area contributed by atoms with Crippen LogP contribution in [0.2, 0.25) is 0 Å². The number of alkyl halides is 3. The molecule has 0 atom stereocenters. The molecule has 0 spiro atoms. The molecule has 0 N–H and O–H groups in total. The van der Waals surface area contributed by atoms with Crippen molar-refractivity contribution < 1.29 is 21.6 Å². The van der Waals surface area contributed by atoms with Crippen LogP contribution in [0.4, 0.5) is 13.2 Å². The molecule has 31 heavy (non-hydrogen) atoms. The number of hydrogen-bond donors (Lipinski definition) is 0. The van der Waals surface area contributed by atoms with Crippen molar-refractivity contribution in [1.82, 2.24) is 4.98 Å². The van der Waals surface area contributed by atoms with E-state index in [2.05, 4.69) is 4.98 Å². The van der Waals surface area contributed by atoms with Crippen LogP contribution < -0.4 is 0 Å². The van der Waals surface area contributed by atoms with Gasteiger partial charge in [-0.2, -0.15) is 18.4 Å². The number of aryl methyl sites for hydroxylation is 1. The highest BCUT2D eigenvalue weighted by Crippen LogP contribution is 2.34. The Bertz CT molecular complexity index is 1190. The predicted octanol–water partition coefficient (Wildman–Crippen LogP) is 6.02. The molecule has 0 unspecified atom stereocenters. The van der Waals surface area contributed by atoms with Crippen LogP contribution in [-0.4, -0.2) is 13.4 Å². The van der Waals surface area contributed by atoms with Crippen LogP contribution in [0.25, 0.3) is 10.6 Å². The lowest BCUT2D eigenvalue weighted by Crippen LogP contribution is -2.06. The molecule has 0 radical (unpaired) electrons. The molecule has 0 saturated heterocycles. The maximum absolute atomic E-state index is 12.9. The largest absolute Gasteiger partial charge is 0.416 e. The van der Waals surface area contributed by atoms with E-state index in [1.165, 1.54) is 47.7 Å². The smallest absolute Gasteiger partial charge is 0.241 e. The second kappa shape index (κ2) is 9.20. The number of rotatable bonds is 7. The molecular weight excluding hydrogens is 445 g/mol. The molecule has 4 nitrogen and oxygen atoms in total. The van der Waals surface area contributed by atoms with Gasteiger partial charge < -0.3 is 0 Å². The highest BCUT2D eigenvalue weighted by Gasteiger charge is 2.30. The molecule has 162 valence electrons. The number of benzene rings is 2. The third-order valence-corrected chi connectivity index (χ3v) is 7.66. The van der Waals surface area contributed by atoms with E-state index in [4.69, 9.17) is 5.26 Å². The topological polar surface area (TPSA) is 70.8 Å². The van der Waals surface area contributed by atoms with Gasteiger partial charge in [0, 0.05) is 10.4 Å². The van der Waals surface area contributed by atoms with E-state index in [1.54, 1.807) is 0 Å². The zero-order chi connectivity index (χ0) is 22.6. The van der Waals surface area contributed by atoms with Crippen molar-refractivity contribution in [3.05, 3.63) is 70.2 Å². The van der Waals surface area contributed by atoms with Gasteiger partial charge in [0.2, 0.25) is 0 Å². The minimum atomic E-state index is -4.42. The molecule has 2 aromatic carbocycles. The Balaban J connectivity index is 1.93. The number of aromatic nitrogens is 1. The molecule has 3 aromatic rings. The fraction of sp³-hybridized carbons (Fsp3) is 0.273. The molecule has 1 heterocycles. The lowest BCUT2D eigenvalue weighted by molar-refractivity contribution is -0.137. The maximum Gasteiger partial charge on any atom is 0.416 e. The van der Waals surface area contributed by atoms with Crippen molar-refractivity contribution in [3.8, 4) is 16.6 Å². The number of hydrogen-bond acceptors (Lipinski definition) is 5. The Labute approximate surface area is 182 Å². The van der Waals surface area contributed by atoms with Crippen molar-refractivity contribution in [2.75, 3.05) is 0 Å². The first-order valence-corrected chi connectivity index (χ1v) is 12.0. The summed E-state index contributed by atoms with van der Waals surface area (Å²) >= 11 is 1.18. The third kappa shape index (κ3) is 5.51. The summed E-state index contributed by atoms with van der Waals surface area (Å²) < 4.78 is 64.3. The van der Waals surface area contributed by atoms with Crippen LogP contribution in [0.15, 0.2) is 53.4 Å². The minimum Gasteiger partial charge on any atom is -0.241 e. The number of sulfone groups is 1. The Morgan fingerprint density at radius 2 is 1.71 bits per heavy atom. The van der Waals surface area contributed by atoms with Gasteiger partial charge in [0.25, 0.3) is 0 Å². The van der Waals surface area contributed by atoms with E-state index in [0.717, 1.165) is 25.0 Å². The SMILES string of the molecule is CCCCc1nc(-c2ccc(C(F)(F)F)cc2)sc1CS(=O)(=O)c1ccc(C#N)cc1. The van der Waals surface area contributed by atoms with Crippen LogP contribution in [0.3, 0.4) is 0 Å². The summed E-state index contributed by atoms with van der Waals surface area (Å²) in [6.45, 7) is 2.01. The maximum atomic E-state index is 12.9. The average molecular weight is 465 g/mol. The normalized spacial score (nSPS) is 12.0. The summed E-state index contributed by atoms with van der Waals surface area (Å²) in [6, 6.07) is 12.3. The second-order valence-electron chi connectivity index (χ2n) is 6.96. The van der Waals surface area contributed by atoms with Gasteiger partial charge >= 0.3 is 6.18 Å². The fourth-order valence-electron chi connectivity index (χ4n) is 2.95. The highest BCUT2D eigenvalue weighted by molar-refractivity contribution is 7.90. The van der Waals surface area contributed by atoms with E-state index in [0.29, 0.717) is 33.1 Å². The van der Waals surface area contributed by atoms with Gasteiger partial charge in [0.1, 0.15) is 5.01 Å². The van der Waals surface area contributed by atoms with Gasteiger partial charge in [-0.15, -0.1) is 11.3 Å². The van der Waals surface area contributed by atoms with Gasteiger partial charge in [0.15, 0.2) is 9.84 Å². The number of thiazole rings is 1. The first-order valence-electron chi connectivity index (χ1n) is 9.53. The minimum absolute atomic E-state index is 0.109. The number of halogens is 3. The van der Waals surface area contributed by atoms with Crippen LogP contribution >= 0.6 is 11.3 Å². The quantitative estimate of drug-likeness (QED) is 0.429. The molecule has 0 aliphatic carbocycles. The zero-order valence-electron chi connectivity index (χ0n) is 16.6. The summed E-state index contributed by atoms with van der Waals surface area (Å²) in [7, 11) is -3.67. The first-order chi connectivity index (χ1) is 14.6. The van der Waals surface area contributed by atoms with Gasteiger partial charge in [-0.25, -0.2) is 13.4 Å². The number of nitrogens with zero attached hydrogens (tertiary/aromatic N) is 2. The molecule has 0 aliphatic heterocycles. The molecule has 0 saturated carbocycles. The van der Waals surface area contributed by atoms with Gasteiger partial charge in [-0.3, -0.25) is 0 Å². The number of unbranched alkanes of at least 4 members (excludes halogenated alkanes) is 1. The van der Waals surface area contributed by atoms with Crippen molar-refractivity contribution >= 4 is 21.2 Å². The zero-order valence-corrected chi connectivity index (χ0v) is 18.2. The Kier molecular flexibility index (Phi) is 6.82. The van der Waals surface area contributed by atoms with E-state index in [9.17, 15) is 21.6 Å². The molecule has 0 fully saturated rings. The Hall–Kier alpha value is -2.70. The lowest BCUT2D eigenvalue weighted by atomic mass is 10.1. The van der Waals surface area contributed by atoms with E-state index >= 15 is 0 Å². The van der Waals surface area contributed by atoms with E-state index < -0.39 is 21.6 Å². The monoisotopic (exact) mass is 464 g/mol. The molecule has 0 bridgehead atoms.